The number of nitrogens with one attached hydrogen (secondary N) is 1. The number of aromatic nitrogens is 2. The number of hydrogen-bond donors (Lipinski definition) is 1. The van der Waals surface area contributed by atoms with Crippen LogP contribution in [0.3, 0.4) is 0 Å². The van der Waals surface area contributed by atoms with Crippen LogP contribution >= 0.6 is 0 Å². The molecule has 0 radical (unpaired) electrons. The summed E-state index contributed by atoms with van der Waals surface area (Å²) in [5, 5.41) is 2.81. The van der Waals surface area contributed by atoms with Crippen LogP contribution in [0.5, 0.6) is 5.75 Å². The van der Waals surface area contributed by atoms with E-state index in [0.717, 1.165) is 17.0 Å². The summed E-state index contributed by atoms with van der Waals surface area (Å²) in [6, 6.07) is 9.46. The molecule has 1 unspecified atom stereocenters. The summed E-state index contributed by atoms with van der Waals surface area (Å²) in [4.78, 5) is 20.1. The second-order valence-electron chi connectivity index (χ2n) is 4.95. The number of rotatable bonds is 5. The van der Waals surface area contributed by atoms with Gasteiger partial charge in [0.2, 0.25) is 0 Å². The lowest BCUT2D eigenvalue weighted by atomic mass is 10.2. The Morgan fingerprint density at radius 3 is 2.81 bits per heavy atom. The van der Waals surface area contributed by atoms with E-state index in [1.54, 1.807) is 6.92 Å². The summed E-state index contributed by atoms with van der Waals surface area (Å²) in [5.74, 6) is 0.517. The summed E-state index contributed by atoms with van der Waals surface area (Å²) in [5.41, 5.74) is 2.74. The number of nitrogens with zero attached hydrogens (tertiary/aromatic N) is 2. The fourth-order valence-corrected chi connectivity index (χ4v) is 1.87. The normalized spacial score (nSPS) is 11.8. The Hall–Kier alpha value is -2.43. The molecule has 0 spiro atoms. The highest BCUT2D eigenvalue weighted by atomic mass is 16.5. The standard InChI is InChI=1S/C16H19N3O2/c1-11-5-4-6-15(7-11)21-13(3)16(20)17-9-14-8-12(2)18-10-19-14/h4-8,10,13H,9H2,1-3H3,(H,17,20). The topological polar surface area (TPSA) is 64.1 Å². The molecule has 1 amide bonds. The van der Waals surface area contributed by atoms with E-state index in [1.165, 1.54) is 6.33 Å². The molecule has 0 saturated carbocycles. The van der Waals surface area contributed by atoms with Crippen molar-refractivity contribution in [1.29, 1.82) is 0 Å². The second-order valence-corrected chi connectivity index (χ2v) is 4.95. The number of carbonyl (C=O) groups is 1. The van der Waals surface area contributed by atoms with E-state index < -0.39 is 6.10 Å². The third-order valence-corrected chi connectivity index (χ3v) is 2.98. The van der Waals surface area contributed by atoms with Crippen LogP contribution in [-0.2, 0) is 11.3 Å². The molecule has 0 fully saturated rings. The van der Waals surface area contributed by atoms with Gasteiger partial charge in [-0.1, -0.05) is 12.1 Å². The van der Waals surface area contributed by atoms with Crippen molar-refractivity contribution >= 4 is 5.91 Å². The molecule has 1 atom stereocenters. The Morgan fingerprint density at radius 1 is 1.29 bits per heavy atom. The predicted molar refractivity (Wildman–Crippen MR) is 79.9 cm³/mol. The molecule has 0 aliphatic carbocycles. The van der Waals surface area contributed by atoms with Gasteiger partial charge in [0.15, 0.2) is 6.10 Å². The van der Waals surface area contributed by atoms with Gasteiger partial charge >= 0.3 is 0 Å². The maximum Gasteiger partial charge on any atom is 0.261 e. The Kier molecular flexibility index (Phi) is 4.87. The third kappa shape index (κ3) is 4.56. The van der Waals surface area contributed by atoms with E-state index in [0.29, 0.717) is 12.3 Å². The Labute approximate surface area is 124 Å². The number of carbonyl (C=O) groups excluding carboxylic acids is 1. The summed E-state index contributed by atoms with van der Waals surface area (Å²) < 4.78 is 5.62. The van der Waals surface area contributed by atoms with Crippen molar-refractivity contribution in [1.82, 2.24) is 15.3 Å². The number of benzene rings is 1. The minimum absolute atomic E-state index is 0.173. The molecule has 5 nitrogen and oxygen atoms in total. The first-order valence-electron chi connectivity index (χ1n) is 6.83. The average Bonchev–Trinajstić information content (AvgIpc) is 2.45. The lowest BCUT2D eigenvalue weighted by Gasteiger charge is -2.15. The molecule has 2 aromatic rings. The van der Waals surface area contributed by atoms with E-state index in [2.05, 4.69) is 15.3 Å². The first kappa shape index (κ1) is 15.0. The van der Waals surface area contributed by atoms with Crippen molar-refractivity contribution < 1.29 is 9.53 Å². The van der Waals surface area contributed by atoms with Crippen molar-refractivity contribution in [3.63, 3.8) is 0 Å². The number of aryl methyl sites for hydroxylation is 2. The van der Waals surface area contributed by atoms with Gasteiger partial charge in [-0.2, -0.15) is 0 Å². The van der Waals surface area contributed by atoms with Crippen molar-refractivity contribution in [2.24, 2.45) is 0 Å². The Balaban J connectivity index is 1.88. The van der Waals surface area contributed by atoms with E-state index in [9.17, 15) is 4.79 Å². The molecule has 0 bridgehead atoms. The number of ether oxygens (including phenoxy) is 1. The maximum absolute atomic E-state index is 12.0. The van der Waals surface area contributed by atoms with Gasteiger partial charge in [0, 0.05) is 5.69 Å². The second kappa shape index (κ2) is 6.83. The van der Waals surface area contributed by atoms with Crippen molar-refractivity contribution in [2.75, 3.05) is 0 Å². The van der Waals surface area contributed by atoms with Crippen molar-refractivity contribution in [3.05, 3.63) is 53.6 Å². The van der Waals surface area contributed by atoms with Gasteiger partial charge < -0.3 is 10.1 Å². The van der Waals surface area contributed by atoms with Crippen LogP contribution in [0.25, 0.3) is 0 Å². The van der Waals surface area contributed by atoms with E-state index in [-0.39, 0.29) is 5.91 Å². The predicted octanol–water partition coefficient (Wildman–Crippen LogP) is 2.18. The third-order valence-electron chi connectivity index (χ3n) is 2.98. The smallest absolute Gasteiger partial charge is 0.261 e. The summed E-state index contributed by atoms with van der Waals surface area (Å²) in [7, 11) is 0. The molecule has 110 valence electrons. The van der Waals surface area contributed by atoms with E-state index >= 15 is 0 Å². The Morgan fingerprint density at radius 2 is 2.10 bits per heavy atom. The van der Waals surface area contributed by atoms with Crippen molar-refractivity contribution in [3.8, 4) is 5.75 Å². The van der Waals surface area contributed by atoms with Gasteiger partial charge in [-0.25, -0.2) is 9.97 Å². The highest BCUT2D eigenvalue weighted by molar-refractivity contribution is 5.80. The Bertz CT molecular complexity index is 628. The minimum atomic E-state index is -0.560. The average molecular weight is 285 g/mol. The van der Waals surface area contributed by atoms with Crippen LogP contribution in [0, 0.1) is 13.8 Å². The molecule has 1 aromatic heterocycles. The van der Waals surface area contributed by atoms with Gasteiger partial charge in [0.05, 0.1) is 12.2 Å². The summed E-state index contributed by atoms with van der Waals surface area (Å²) in [6.07, 6.45) is 0.929. The first-order chi connectivity index (χ1) is 10.0. The largest absolute Gasteiger partial charge is 0.481 e. The lowest BCUT2D eigenvalue weighted by molar-refractivity contribution is -0.127. The molecular formula is C16H19N3O2. The molecule has 1 N–H and O–H groups in total. The summed E-state index contributed by atoms with van der Waals surface area (Å²) in [6.45, 7) is 5.96. The van der Waals surface area contributed by atoms with Crippen molar-refractivity contribution in [2.45, 2.75) is 33.4 Å². The highest BCUT2D eigenvalue weighted by Crippen LogP contribution is 2.14. The van der Waals surface area contributed by atoms with Gasteiger partial charge in [-0.15, -0.1) is 0 Å². The maximum atomic E-state index is 12.0. The SMILES string of the molecule is Cc1cccc(OC(C)C(=O)NCc2cc(C)ncn2)c1. The molecule has 0 aliphatic rings. The zero-order valence-corrected chi connectivity index (χ0v) is 12.5. The van der Waals surface area contributed by atoms with Gasteiger partial charge in [0.1, 0.15) is 12.1 Å². The van der Waals surface area contributed by atoms with Crippen LogP contribution in [0.2, 0.25) is 0 Å². The molecule has 1 heterocycles. The fourth-order valence-electron chi connectivity index (χ4n) is 1.87. The number of hydrogen-bond acceptors (Lipinski definition) is 4. The molecule has 0 saturated heterocycles. The van der Waals surface area contributed by atoms with E-state index in [4.69, 9.17) is 4.74 Å². The van der Waals surface area contributed by atoms with Crippen LogP contribution in [-0.4, -0.2) is 22.0 Å². The van der Waals surface area contributed by atoms with Gasteiger partial charge in [-0.3, -0.25) is 4.79 Å². The zero-order chi connectivity index (χ0) is 15.2. The van der Waals surface area contributed by atoms with Gasteiger partial charge in [-0.05, 0) is 44.5 Å². The fraction of sp³-hybridized carbons (Fsp3) is 0.312. The molecule has 2 rings (SSSR count). The zero-order valence-electron chi connectivity index (χ0n) is 12.5. The van der Waals surface area contributed by atoms with Crippen LogP contribution in [0.4, 0.5) is 0 Å². The van der Waals surface area contributed by atoms with Crippen LogP contribution in [0.1, 0.15) is 23.9 Å². The minimum Gasteiger partial charge on any atom is -0.481 e. The number of amides is 1. The van der Waals surface area contributed by atoms with Crippen LogP contribution < -0.4 is 10.1 Å². The summed E-state index contributed by atoms with van der Waals surface area (Å²) >= 11 is 0. The van der Waals surface area contributed by atoms with Crippen LogP contribution in [0.15, 0.2) is 36.7 Å². The van der Waals surface area contributed by atoms with Gasteiger partial charge in [0.25, 0.3) is 5.91 Å². The highest BCUT2D eigenvalue weighted by Gasteiger charge is 2.14. The monoisotopic (exact) mass is 285 g/mol. The quantitative estimate of drug-likeness (QED) is 0.914. The molecule has 0 aliphatic heterocycles. The van der Waals surface area contributed by atoms with E-state index in [1.807, 2.05) is 44.2 Å². The lowest BCUT2D eigenvalue weighted by Crippen LogP contribution is -2.36. The first-order valence-corrected chi connectivity index (χ1v) is 6.83. The molecular weight excluding hydrogens is 266 g/mol. The molecule has 5 heteroatoms. The molecule has 1 aromatic carbocycles. The molecule has 21 heavy (non-hydrogen) atoms.